The number of aromatic nitrogens is 4. The van der Waals surface area contributed by atoms with Gasteiger partial charge in [0.25, 0.3) is 0 Å². The third-order valence-electron chi connectivity index (χ3n) is 5.72. The van der Waals surface area contributed by atoms with E-state index in [-0.39, 0.29) is 66.3 Å². The molecule has 15 nitrogen and oxygen atoms in total. The number of rotatable bonds is 9. The monoisotopic (exact) mass is 557 g/mol. The Labute approximate surface area is 220 Å². The molecule has 2 aromatic carbocycles. The van der Waals surface area contributed by atoms with E-state index >= 15 is 0 Å². The summed E-state index contributed by atoms with van der Waals surface area (Å²) in [6.07, 6.45) is 1.48. The molecule has 2 aliphatic rings. The van der Waals surface area contributed by atoms with Crippen molar-refractivity contribution in [1.82, 2.24) is 19.5 Å². The van der Waals surface area contributed by atoms with Crippen molar-refractivity contribution in [2.24, 2.45) is 0 Å². The largest absolute Gasteiger partial charge is 0.479 e. The standard InChI is InChI=1S/C23H20N5O10P/c1-32-20-18-19(26-21(24)27-20)28(10-25-18)11-33-6-7-34-39(31,22-35-14-4-2-12(29)8-16(14)37-22)23-36-15-5-3-13(30)9-17(15)38-23/h2-5,8-10,22-23H,6-7,11H2,1H3,(H2,24,26,27). The summed E-state index contributed by atoms with van der Waals surface area (Å²) in [5, 5.41) is 23.5. The lowest BCUT2D eigenvalue weighted by atomic mass is 10.3. The minimum absolute atomic E-state index is 0.00601. The van der Waals surface area contributed by atoms with Crippen LogP contribution in [0.2, 0.25) is 0 Å². The van der Waals surface area contributed by atoms with Crippen LogP contribution in [-0.4, -0.2) is 51.9 Å². The lowest BCUT2D eigenvalue weighted by Gasteiger charge is -2.26. The Balaban J connectivity index is 1.15. The molecule has 0 fully saturated rings. The second kappa shape index (κ2) is 9.69. The van der Waals surface area contributed by atoms with E-state index in [0.717, 1.165) is 0 Å². The summed E-state index contributed by atoms with van der Waals surface area (Å²) in [4.78, 5) is 12.4. The van der Waals surface area contributed by atoms with E-state index < -0.39 is 19.4 Å². The Morgan fingerprint density at radius 2 is 1.54 bits per heavy atom. The molecular formula is C23H20N5O10P. The van der Waals surface area contributed by atoms with Gasteiger partial charge in [0.2, 0.25) is 11.8 Å². The summed E-state index contributed by atoms with van der Waals surface area (Å²) in [6, 6.07) is 4.83. The van der Waals surface area contributed by atoms with E-state index in [4.69, 9.17) is 38.7 Å². The second-order valence-corrected chi connectivity index (χ2v) is 10.7. The van der Waals surface area contributed by atoms with Gasteiger partial charge in [0, 0.05) is 12.1 Å². The number of anilines is 1. The zero-order valence-corrected chi connectivity index (χ0v) is 21.1. The van der Waals surface area contributed by atoms with Gasteiger partial charge in [-0.05, 0) is 24.3 Å². The molecular weight excluding hydrogens is 537 g/mol. The van der Waals surface area contributed by atoms with Crippen LogP contribution in [0.15, 0.2) is 42.7 Å². The van der Waals surface area contributed by atoms with Crippen molar-refractivity contribution in [3.63, 3.8) is 0 Å². The van der Waals surface area contributed by atoms with E-state index in [1.54, 1.807) is 4.57 Å². The van der Waals surface area contributed by atoms with Crippen molar-refractivity contribution in [2.75, 3.05) is 26.1 Å². The third kappa shape index (κ3) is 4.56. The fraction of sp³-hybridized carbons (Fsp3) is 0.261. The molecule has 6 rings (SSSR count). The van der Waals surface area contributed by atoms with E-state index in [1.165, 1.54) is 49.8 Å². The molecule has 2 atom stereocenters. The maximum atomic E-state index is 14.2. The minimum atomic E-state index is -4.11. The van der Waals surface area contributed by atoms with Crippen LogP contribution in [0.1, 0.15) is 0 Å². The van der Waals surface area contributed by atoms with E-state index in [2.05, 4.69) is 15.0 Å². The Morgan fingerprint density at radius 3 is 2.15 bits per heavy atom. The van der Waals surface area contributed by atoms with Crippen molar-refractivity contribution in [3.8, 4) is 40.4 Å². The number of hydrogen-bond acceptors (Lipinski definition) is 12. The highest BCUT2D eigenvalue weighted by Crippen LogP contribution is 2.62. The number of benzene rings is 2. The molecule has 16 heteroatoms. The van der Waals surface area contributed by atoms with Crippen LogP contribution in [0, 0.1) is 0 Å². The van der Waals surface area contributed by atoms with Crippen LogP contribution >= 0.6 is 7.37 Å². The van der Waals surface area contributed by atoms with Crippen molar-refractivity contribution in [1.29, 1.82) is 0 Å². The van der Waals surface area contributed by atoms with Gasteiger partial charge < -0.3 is 38.7 Å². The van der Waals surface area contributed by atoms with Crippen molar-refractivity contribution >= 4 is 24.5 Å². The predicted molar refractivity (Wildman–Crippen MR) is 129 cm³/mol. The molecule has 0 spiro atoms. The smallest absolute Gasteiger partial charge is 0.361 e. The zero-order valence-electron chi connectivity index (χ0n) is 20.2. The molecule has 2 unspecified atom stereocenters. The molecule has 4 aromatic rings. The molecule has 0 aliphatic carbocycles. The summed E-state index contributed by atoms with van der Waals surface area (Å²) >= 11 is 0. The molecule has 2 radical (unpaired) electrons. The Morgan fingerprint density at radius 1 is 0.923 bits per heavy atom. The number of imidazole rings is 1. The molecule has 2 aliphatic heterocycles. The molecule has 0 saturated heterocycles. The lowest BCUT2D eigenvalue weighted by Crippen LogP contribution is -2.32. The Kier molecular flexibility index (Phi) is 6.17. The summed E-state index contributed by atoms with van der Waals surface area (Å²) in [6.45, 7) is -0.217. The first kappa shape index (κ1) is 24.9. The van der Waals surface area contributed by atoms with Gasteiger partial charge in [0.15, 0.2) is 45.7 Å². The molecule has 0 amide bonds. The Hall–Kier alpha value is -4.46. The van der Waals surface area contributed by atoms with Crippen LogP contribution in [-0.2, 0) is 30.8 Å². The van der Waals surface area contributed by atoms with Crippen molar-refractivity contribution in [3.05, 3.63) is 42.7 Å². The summed E-state index contributed by atoms with van der Waals surface area (Å²) in [5.41, 5.74) is 6.54. The fourth-order valence-electron chi connectivity index (χ4n) is 3.93. The number of hydrogen-bond donors (Lipinski definition) is 1. The SMILES string of the molecule is COc1nc(N)nc2c1ncn2COCCOP(=O)(C1Oc2ccc([O])cc2O1)C1Oc2ccc([O])cc2O1. The molecule has 2 N–H and O–H groups in total. The third-order valence-corrected chi connectivity index (χ3v) is 7.91. The summed E-state index contributed by atoms with van der Waals surface area (Å²) < 4.78 is 55.1. The molecule has 39 heavy (non-hydrogen) atoms. The van der Waals surface area contributed by atoms with Gasteiger partial charge in [-0.25, -0.2) is 4.98 Å². The zero-order chi connectivity index (χ0) is 27.1. The summed E-state index contributed by atoms with van der Waals surface area (Å²) in [7, 11) is -2.67. The van der Waals surface area contributed by atoms with Crippen LogP contribution < -0.4 is 29.4 Å². The van der Waals surface area contributed by atoms with Gasteiger partial charge in [-0.15, -0.1) is 0 Å². The minimum Gasteiger partial charge on any atom is -0.479 e. The molecule has 2 aromatic heterocycles. The number of nitrogen functional groups attached to an aromatic ring is 1. The van der Waals surface area contributed by atoms with E-state index in [1.807, 2.05) is 0 Å². The number of nitrogens with two attached hydrogens (primary N) is 1. The Bertz CT molecular complexity index is 1530. The first-order valence-corrected chi connectivity index (χ1v) is 13.2. The second-order valence-electron chi connectivity index (χ2n) is 8.30. The summed E-state index contributed by atoms with van der Waals surface area (Å²) in [5.74, 6) is 0.228. The van der Waals surface area contributed by atoms with Crippen LogP contribution in [0.3, 0.4) is 0 Å². The molecule has 4 heterocycles. The van der Waals surface area contributed by atoms with Gasteiger partial charge in [-0.3, -0.25) is 19.3 Å². The highest BCUT2D eigenvalue weighted by atomic mass is 31.2. The van der Waals surface area contributed by atoms with Gasteiger partial charge in [0.05, 0.1) is 26.7 Å². The number of methoxy groups -OCH3 is 1. The maximum absolute atomic E-state index is 14.2. The van der Waals surface area contributed by atoms with Crippen molar-refractivity contribution in [2.45, 2.75) is 18.8 Å². The molecule has 202 valence electrons. The number of fused-ring (bicyclic) bond motifs is 3. The van der Waals surface area contributed by atoms with Gasteiger partial charge in [-0.1, -0.05) is 0 Å². The van der Waals surface area contributed by atoms with Gasteiger partial charge in [0.1, 0.15) is 6.73 Å². The fourth-order valence-corrected chi connectivity index (χ4v) is 5.77. The van der Waals surface area contributed by atoms with Gasteiger partial charge >= 0.3 is 19.4 Å². The lowest BCUT2D eigenvalue weighted by molar-refractivity contribution is 0.0292. The van der Waals surface area contributed by atoms with Crippen molar-refractivity contribution < 1.29 is 47.7 Å². The number of ether oxygens (including phenoxy) is 6. The quantitative estimate of drug-likeness (QED) is 0.233. The topological polar surface area (TPSA) is 191 Å². The van der Waals surface area contributed by atoms with Crippen LogP contribution in [0.5, 0.6) is 40.4 Å². The molecule has 0 saturated carbocycles. The highest BCUT2D eigenvalue weighted by molar-refractivity contribution is 7.59. The highest BCUT2D eigenvalue weighted by Gasteiger charge is 2.54. The normalized spacial score (nSPS) is 18.8. The van der Waals surface area contributed by atoms with Gasteiger partial charge in [-0.2, -0.15) is 9.97 Å². The average molecular weight is 557 g/mol. The maximum Gasteiger partial charge on any atom is 0.361 e. The first-order chi connectivity index (χ1) is 18.8. The van der Waals surface area contributed by atoms with Crippen LogP contribution in [0.4, 0.5) is 5.95 Å². The van der Waals surface area contributed by atoms with E-state index in [9.17, 15) is 14.8 Å². The van der Waals surface area contributed by atoms with Crippen LogP contribution in [0.25, 0.3) is 11.2 Å². The first-order valence-electron chi connectivity index (χ1n) is 11.5. The predicted octanol–water partition coefficient (Wildman–Crippen LogP) is 3.48. The number of nitrogens with zero attached hydrogens (tertiary/aromatic N) is 4. The average Bonchev–Trinajstić information content (AvgIpc) is 3.64. The molecule has 0 bridgehead atoms. The van der Waals surface area contributed by atoms with E-state index in [0.29, 0.717) is 11.2 Å².